The molecule has 0 aliphatic carbocycles. The molecule has 0 bridgehead atoms. The maximum Gasteiger partial charge on any atom is 0.255 e. The number of thioether (sulfide) groups is 1. The first kappa shape index (κ1) is 21.9. The number of sulfonamides is 1. The highest BCUT2D eigenvalue weighted by atomic mass is 32.2. The van der Waals surface area contributed by atoms with E-state index in [-0.39, 0.29) is 5.91 Å². The minimum absolute atomic E-state index is 0.0363. The van der Waals surface area contributed by atoms with Gasteiger partial charge in [0.05, 0.1) is 10.5 Å². The molecule has 2 aromatic rings. The van der Waals surface area contributed by atoms with E-state index in [0.29, 0.717) is 36.6 Å². The lowest BCUT2D eigenvalue weighted by Gasteiger charge is -2.35. The second-order valence-corrected chi connectivity index (χ2v) is 10.2. The second kappa shape index (κ2) is 8.50. The van der Waals surface area contributed by atoms with E-state index in [1.807, 2.05) is 64.3 Å². The smallest absolute Gasteiger partial charge is 0.255 e. The Morgan fingerprint density at radius 1 is 0.931 bits per heavy atom. The fourth-order valence-electron chi connectivity index (χ4n) is 3.82. The van der Waals surface area contributed by atoms with E-state index in [1.165, 1.54) is 4.31 Å². The van der Waals surface area contributed by atoms with Gasteiger partial charge in [-0.1, -0.05) is 18.2 Å². The second-order valence-electron chi connectivity index (χ2n) is 7.49. The van der Waals surface area contributed by atoms with Gasteiger partial charge in [-0.3, -0.25) is 4.79 Å². The van der Waals surface area contributed by atoms with Crippen molar-refractivity contribution in [1.29, 1.82) is 0 Å². The van der Waals surface area contributed by atoms with Crippen molar-refractivity contribution in [2.75, 3.05) is 32.4 Å². The lowest BCUT2D eigenvalue weighted by molar-refractivity contribution is 0.0694. The van der Waals surface area contributed by atoms with Gasteiger partial charge in [0, 0.05) is 31.1 Å². The number of carbonyl (C=O) groups excluding carboxylic acids is 1. The van der Waals surface area contributed by atoms with Crippen molar-refractivity contribution in [3.63, 3.8) is 0 Å². The van der Waals surface area contributed by atoms with Crippen LogP contribution < -0.4 is 0 Å². The Kier molecular flexibility index (Phi) is 6.41. The molecule has 156 valence electrons. The number of nitrogens with zero attached hydrogens (tertiary/aromatic N) is 2. The molecule has 1 aliphatic heterocycles. The van der Waals surface area contributed by atoms with Crippen LogP contribution in [-0.4, -0.2) is 56.0 Å². The quantitative estimate of drug-likeness (QED) is 0.690. The van der Waals surface area contributed by atoms with Crippen LogP contribution in [0.3, 0.4) is 0 Å². The number of hydrogen-bond donors (Lipinski definition) is 0. The van der Waals surface area contributed by atoms with Crippen molar-refractivity contribution in [2.24, 2.45) is 0 Å². The van der Waals surface area contributed by atoms with Gasteiger partial charge in [0.1, 0.15) is 0 Å². The van der Waals surface area contributed by atoms with Gasteiger partial charge in [-0.25, -0.2) is 8.42 Å². The molecule has 1 amide bonds. The first-order chi connectivity index (χ1) is 13.7. The molecule has 3 rings (SSSR count). The SMILES string of the molecule is CSc1ccccc1C(=O)N1CCN(S(=O)(=O)c2c(C)c(C)cc(C)c2C)CC1. The number of aryl methyl sites for hydroxylation is 2. The summed E-state index contributed by atoms with van der Waals surface area (Å²) in [7, 11) is -3.60. The minimum atomic E-state index is -3.60. The van der Waals surface area contributed by atoms with Gasteiger partial charge in [-0.15, -0.1) is 11.8 Å². The number of rotatable bonds is 4. The van der Waals surface area contributed by atoms with Crippen LogP contribution in [0.15, 0.2) is 40.1 Å². The summed E-state index contributed by atoms with van der Waals surface area (Å²) in [6.45, 7) is 9.03. The van der Waals surface area contributed by atoms with Gasteiger partial charge in [0.15, 0.2) is 0 Å². The van der Waals surface area contributed by atoms with Crippen molar-refractivity contribution in [3.8, 4) is 0 Å². The monoisotopic (exact) mass is 432 g/mol. The summed E-state index contributed by atoms with van der Waals surface area (Å²) in [6, 6.07) is 9.58. The summed E-state index contributed by atoms with van der Waals surface area (Å²) in [5, 5.41) is 0. The average Bonchev–Trinajstić information content (AvgIpc) is 2.72. The normalized spacial score (nSPS) is 15.6. The maximum absolute atomic E-state index is 13.4. The molecule has 1 fully saturated rings. The Balaban J connectivity index is 1.81. The maximum atomic E-state index is 13.4. The molecule has 0 saturated carbocycles. The predicted octanol–water partition coefficient (Wildman–Crippen LogP) is 3.79. The average molecular weight is 433 g/mol. The summed E-state index contributed by atoms with van der Waals surface area (Å²) in [5.74, 6) is -0.0363. The number of benzene rings is 2. The molecule has 0 radical (unpaired) electrons. The zero-order valence-electron chi connectivity index (χ0n) is 17.7. The van der Waals surface area contributed by atoms with Crippen LogP contribution in [0.1, 0.15) is 32.6 Å². The molecule has 2 aromatic carbocycles. The summed E-state index contributed by atoms with van der Waals surface area (Å²) >= 11 is 1.54. The van der Waals surface area contributed by atoms with Crippen LogP contribution in [0.5, 0.6) is 0 Å². The molecule has 0 spiro atoms. The number of hydrogen-bond acceptors (Lipinski definition) is 4. The zero-order chi connectivity index (χ0) is 21.3. The van der Waals surface area contributed by atoms with Crippen LogP contribution >= 0.6 is 11.8 Å². The third kappa shape index (κ3) is 4.09. The van der Waals surface area contributed by atoms with Crippen LogP contribution in [-0.2, 0) is 10.0 Å². The number of amides is 1. The molecule has 29 heavy (non-hydrogen) atoms. The van der Waals surface area contributed by atoms with Gasteiger partial charge >= 0.3 is 0 Å². The van der Waals surface area contributed by atoms with Crippen molar-refractivity contribution in [3.05, 3.63) is 58.1 Å². The predicted molar refractivity (Wildman–Crippen MR) is 118 cm³/mol. The summed E-state index contributed by atoms with van der Waals surface area (Å²) in [5.41, 5.74) is 4.25. The van der Waals surface area contributed by atoms with E-state index in [2.05, 4.69) is 0 Å². The highest BCUT2D eigenvalue weighted by molar-refractivity contribution is 7.98. The van der Waals surface area contributed by atoms with Gasteiger partial charge in [-0.05, 0) is 68.3 Å². The molecular weight excluding hydrogens is 404 g/mol. The molecular formula is C22H28N2O3S2. The first-order valence-electron chi connectivity index (χ1n) is 9.68. The number of carbonyl (C=O) groups is 1. The highest BCUT2D eigenvalue weighted by Crippen LogP contribution is 2.29. The molecule has 5 nitrogen and oxygen atoms in total. The van der Waals surface area contributed by atoms with Crippen LogP contribution in [0.4, 0.5) is 0 Å². The van der Waals surface area contributed by atoms with Crippen molar-refractivity contribution < 1.29 is 13.2 Å². The van der Waals surface area contributed by atoms with Crippen molar-refractivity contribution in [1.82, 2.24) is 9.21 Å². The van der Waals surface area contributed by atoms with Crippen LogP contribution in [0, 0.1) is 27.7 Å². The van der Waals surface area contributed by atoms with Gasteiger partial charge in [-0.2, -0.15) is 4.31 Å². The topological polar surface area (TPSA) is 57.7 Å². The third-order valence-corrected chi connectivity index (χ3v) is 8.73. The van der Waals surface area contributed by atoms with Gasteiger partial charge in [0.25, 0.3) is 5.91 Å². The van der Waals surface area contributed by atoms with E-state index >= 15 is 0 Å². The molecule has 1 saturated heterocycles. The van der Waals surface area contributed by atoms with E-state index in [1.54, 1.807) is 16.7 Å². The standard InChI is InChI=1S/C22H28N2O3S2/c1-15-14-16(2)18(4)21(17(15)3)29(26,27)24-12-10-23(11-13-24)22(25)19-8-6-7-9-20(19)28-5/h6-9,14H,10-13H2,1-5H3. The van der Waals surface area contributed by atoms with E-state index in [9.17, 15) is 13.2 Å². The summed E-state index contributed by atoms with van der Waals surface area (Å²) in [6.07, 6.45) is 1.95. The third-order valence-electron chi connectivity index (χ3n) is 5.76. The molecule has 0 N–H and O–H groups in total. The van der Waals surface area contributed by atoms with Gasteiger partial charge < -0.3 is 4.90 Å². The Labute approximate surface area is 178 Å². The summed E-state index contributed by atoms with van der Waals surface area (Å²) in [4.78, 5) is 16.1. The van der Waals surface area contributed by atoms with E-state index < -0.39 is 10.0 Å². The first-order valence-corrected chi connectivity index (χ1v) is 12.3. The molecule has 0 atom stereocenters. The van der Waals surface area contributed by atoms with Crippen LogP contribution in [0.2, 0.25) is 0 Å². The Morgan fingerprint density at radius 3 is 2.03 bits per heavy atom. The minimum Gasteiger partial charge on any atom is -0.336 e. The Hall–Kier alpha value is -1.83. The fraction of sp³-hybridized carbons (Fsp3) is 0.409. The molecule has 0 unspecified atom stereocenters. The molecule has 0 aromatic heterocycles. The van der Waals surface area contributed by atoms with E-state index in [4.69, 9.17) is 0 Å². The largest absolute Gasteiger partial charge is 0.336 e. The molecule has 7 heteroatoms. The van der Waals surface area contributed by atoms with Crippen molar-refractivity contribution >= 4 is 27.7 Å². The van der Waals surface area contributed by atoms with Crippen LogP contribution in [0.25, 0.3) is 0 Å². The zero-order valence-corrected chi connectivity index (χ0v) is 19.3. The highest BCUT2D eigenvalue weighted by Gasteiger charge is 2.33. The van der Waals surface area contributed by atoms with Crippen molar-refractivity contribution in [2.45, 2.75) is 37.5 Å². The summed E-state index contributed by atoms with van der Waals surface area (Å²) < 4.78 is 28.3. The Morgan fingerprint density at radius 2 is 1.48 bits per heavy atom. The molecule has 1 heterocycles. The number of piperazine rings is 1. The fourth-order valence-corrected chi connectivity index (χ4v) is 6.41. The molecule has 1 aliphatic rings. The Bertz CT molecular complexity index is 1010. The van der Waals surface area contributed by atoms with Gasteiger partial charge in [0.2, 0.25) is 10.0 Å². The lowest BCUT2D eigenvalue weighted by atomic mass is 10.0. The lowest BCUT2D eigenvalue weighted by Crippen LogP contribution is -2.50. The van der Waals surface area contributed by atoms with E-state index in [0.717, 1.165) is 27.1 Å².